The Hall–Kier alpha value is -1.55. The molecule has 82 valence electrons. The van der Waals surface area contributed by atoms with Crippen molar-refractivity contribution in [2.75, 3.05) is 13.2 Å². The highest BCUT2D eigenvalue weighted by molar-refractivity contribution is 5.75. The normalized spacial score (nSPS) is 9.73. The van der Waals surface area contributed by atoms with Gasteiger partial charge in [-0.1, -0.05) is 25.1 Å². The van der Waals surface area contributed by atoms with Crippen molar-refractivity contribution in [3.05, 3.63) is 30.3 Å². The van der Waals surface area contributed by atoms with Crippen LogP contribution in [0.15, 0.2) is 30.3 Å². The summed E-state index contributed by atoms with van der Waals surface area (Å²) in [5, 5.41) is 1.18. The number of nitrogens with two attached hydrogens (primary N) is 1. The minimum atomic E-state index is -0.0772. The Morgan fingerprint density at radius 2 is 2.07 bits per heavy atom. The zero-order valence-corrected chi connectivity index (χ0v) is 8.85. The second kappa shape index (κ2) is 6.03. The highest BCUT2D eigenvalue weighted by atomic mass is 16.5. The van der Waals surface area contributed by atoms with E-state index in [1.165, 1.54) is 5.01 Å². The van der Waals surface area contributed by atoms with Crippen LogP contribution in [0, 0.1) is 0 Å². The van der Waals surface area contributed by atoms with Gasteiger partial charge in [-0.15, -0.1) is 0 Å². The van der Waals surface area contributed by atoms with E-state index >= 15 is 0 Å². The van der Waals surface area contributed by atoms with Crippen molar-refractivity contribution >= 4 is 5.91 Å². The number of benzene rings is 1. The first kappa shape index (κ1) is 11.5. The van der Waals surface area contributed by atoms with Crippen LogP contribution in [-0.2, 0) is 4.79 Å². The summed E-state index contributed by atoms with van der Waals surface area (Å²) in [6.45, 7) is 2.59. The summed E-state index contributed by atoms with van der Waals surface area (Å²) in [6.07, 6.45) is 0.418. The Morgan fingerprint density at radius 1 is 1.40 bits per heavy atom. The maximum atomic E-state index is 11.1. The summed E-state index contributed by atoms with van der Waals surface area (Å²) in [4.78, 5) is 11.1. The van der Waals surface area contributed by atoms with Crippen molar-refractivity contribution in [1.29, 1.82) is 0 Å². The summed E-state index contributed by atoms with van der Waals surface area (Å²) in [7, 11) is 0. The van der Waals surface area contributed by atoms with Gasteiger partial charge < -0.3 is 4.74 Å². The number of nitrogens with zero attached hydrogens (tertiary/aromatic N) is 1. The van der Waals surface area contributed by atoms with Crippen LogP contribution in [0.4, 0.5) is 0 Å². The van der Waals surface area contributed by atoms with Crippen molar-refractivity contribution in [1.82, 2.24) is 5.01 Å². The molecule has 0 aliphatic heterocycles. The number of rotatable bonds is 5. The van der Waals surface area contributed by atoms with Gasteiger partial charge in [0.15, 0.2) is 0 Å². The van der Waals surface area contributed by atoms with Crippen molar-refractivity contribution in [3.63, 3.8) is 0 Å². The molecule has 4 nitrogen and oxygen atoms in total. The lowest BCUT2D eigenvalue weighted by molar-refractivity contribution is -0.131. The molecule has 0 aliphatic rings. The van der Waals surface area contributed by atoms with E-state index in [-0.39, 0.29) is 5.91 Å². The van der Waals surface area contributed by atoms with E-state index in [0.717, 1.165) is 5.75 Å². The third kappa shape index (κ3) is 3.99. The lowest BCUT2D eigenvalue weighted by atomic mass is 10.3. The van der Waals surface area contributed by atoms with E-state index in [1.54, 1.807) is 6.92 Å². The Morgan fingerprint density at radius 3 is 2.67 bits per heavy atom. The van der Waals surface area contributed by atoms with Crippen LogP contribution in [-0.4, -0.2) is 24.1 Å². The molecule has 0 unspecified atom stereocenters. The van der Waals surface area contributed by atoms with Crippen LogP contribution >= 0.6 is 0 Å². The van der Waals surface area contributed by atoms with E-state index in [2.05, 4.69) is 0 Å². The summed E-state index contributed by atoms with van der Waals surface area (Å²) >= 11 is 0. The molecule has 0 spiro atoms. The molecule has 0 saturated carbocycles. The van der Waals surface area contributed by atoms with E-state index < -0.39 is 0 Å². The number of hydrazine groups is 1. The highest BCUT2D eigenvalue weighted by Gasteiger charge is 2.05. The minimum absolute atomic E-state index is 0.0772. The molecule has 2 N–H and O–H groups in total. The molecule has 1 aromatic rings. The largest absolute Gasteiger partial charge is 0.492 e. The van der Waals surface area contributed by atoms with Gasteiger partial charge in [-0.2, -0.15) is 0 Å². The van der Waals surface area contributed by atoms with E-state index in [4.69, 9.17) is 10.6 Å². The number of ether oxygens (including phenoxy) is 1. The Labute approximate surface area is 89.6 Å². The van der Waals surface area contributed by atoms with Crippen molar-refractivity contribution in [2.45, 2.75) is 13.3 Å². The summed E-state index contributed by atoms with van der Waals surface area (Å²) in [5.41, 5.74) is 0. The fourth-order valence-electron chi connectivity index (χ4n) is 1.11. The van der Waals surface area contributed by atoms with Crippen LogP contribution < -0.4 is 10.6 Å². The van der Waals surface area contributed by atoms with E-state index in [0.29, 0.717) is 19.6 Å². The Bertz CT molecular complexity index is 301. The number of carbonyl (C=O) groups excluding carboxylic acids is 1. The van der Waals surface area contributed by atoms with Crippen LogP contribution in [0.25, 0.3) is 0 Å². The number of hydrogen-bond acceptors (Lipinski definition) is 3. The molecule has 4 heteroatoms. The molecule has 1 aromatic carbocycles. The van der Waals surface area contributed by atoms with E-state index in [1.807, 2.05) is 30.3 Å². The summed E-state index contributed by atoms with van der Waals surface area (Å²) in [6, 6.07) is 9.44. The van der Waals surface area contributed by atoms with Crippen LogP contribution in [0.1, 0.15) is 13.3 Å². The quantitative estimate of drug-likeness (QED) is 0.449. The molecule has 15 heavy (non-hydrogen) atoms. The molecule has 0 fully saturated rings. The fourth-order valence-corrected chi connectivity index (χ4v) is 1.11. The third-order valence-corrected chi connectivity index (χ3v) is 1.97. The van der Waals surface area contributed by atoms with Crippen LogP contribution in [0.5, 0.6) is 5.75 Å². The first-order valence-electron chi connectivity index (χ1n) is 4.97. The summed E-state index contributed by atoms with van der Waals surface area (Å²) in [5.74, 6) is 6.21. The fraction of sp³-hybridized carbons (Fsp3) is 0.364. The van der Waals surface area contributed by atoms with Crippen molar-refractivity contribution < 1.29 is 9.53 Å². The highest BCUT2D eigenvalue weighted by Crippen LogP contribution is 2.07. The third-order valence-electron chi connectivity index (χ3n) is 1.97. The van der Waals surface area contributed by atoms with Crippen LogP contribution in [0.3, 0.4) is 0 Å². The minimum Gasteiger partial charge on any atom is -0.492 e. The molecular weight excluding hydrogens is 192 g/mol. The maximum absolute atomic E-state index is 11.1. The molecule has 0 heterocycles. The molecule has 0 radical (unpaired) electrons. The average molecular weight is 208 g/mol. The zero-order valence-electron chi connectivity index (χ0n) is 8.85. The number of amides is 1. The van der Waals surface area contributed by atoms with Crippen molar-refractivity contribution in [3.8, 4) is 5.75 Å². The summed E-state index contributed by atoms with van der Waals surface area (Å²) < 4.78 is 5.40. The predicted octanol–water partition coefficient (Wildman–Crippen LogP) is 1.18. The van der Waals surface area contributed by atoms with Gasteiger partial charge in [-0.05, 0) is 12.1 Å². The lowest BCUT2D eigenvalue weighted by Gasteiger charge is -2.15. The average Bonchev–Trinajstić information content (AvgIpc) is 2.29. The van der Waals surface area contributed by atoms with E-state index in [9.17, 15) is 4.79 Å². The van der Waals surface area contributed by atoms with Gasteiger partial charge in [0.2, 0.25) is 5.91 Å². The van der Waals surface area contributed by atoms with Gasteiger partial charge >= 0.3 is 0 Å². The molecule has 0 aliphatic carbocycles. The van der Waals surface area contributed by atoms with Gasteiger partial charge in [-0.3, -0.25) is 9.80 Å². The number of hydrogen-bond donors (Lipinski definition) is 1. The smallest absolute Gasteiger partial charge is 0.236 e. The van der Waals surface area contributed by atoms with Crippen LogP contribution in [0.2, 0.25) is 0 Å². The maximum Gasteiger partial charge on any atom is 0.236 e. The molecule has 0 atom stereocenters. The SMILES string of the molecule is CCC(=O)N(N)CCOc1ccccc1. The van der Waals surface area contributed by atoms with Crippen molar-refractivity contribution in [2.24, 2.45) is 5.84 Å². The monoisotopic (exact) mass is 208 g/mol. The second-order valence-corrected chi connectivity index (χ2v) is 3.10. The van der Waals surface area contributed by atoms with Gasteiger partial charge in [-0.25, -0.2) is 5.84 Å². The molecule has 1 amide bonds. The molecule has 0 saturated heterocycles. The standard InChI is InChI=1S/C11H16N2O2/c1-2-11(14)13(12)8-9-15-10-6-4-3-5-7-10/h3-7H,2,8-9,12H2,1H3. The topological polar surface area (TPSA) is 55.6 Å². The Balaban J connectivity index is 2.25. The number of para-hydroxylation sites is 1. The molecule has 0 bridgehead atoms. The van der Waals surface area contributed by atoms with Gasteiger partial charge in [0, 0.05) is 6.42 Å². The van der Waals surface area contributed by atoms with Gasteiger partial charge in [0.1, 0.15) is 12.4 Å². The molecule has 1 rings (SSSR count). The Kier molecular flexibility index (Phi) is 4.63. The first-order valence-corrected chi connectivity index (χ1v) is 4.97. The van der Waals surface area contributed by atoms with Gasteiger partial charge in [0.25, 0.3) is 0 Å². The number of carbonyl (C=O) groups is 1. The lowest BCUT2D eigenvalue weighted by Crippen LogP contribution is -2.39. The molecular formula is C11H16N2O2. The van der Waals surface area contributed by atoms with Gasteiger partial charge in [0.05, 0.1) is 6.54 Å². The zero-order chi connectivity index (χ0) is 11.1. The second-order valence-electron chi connectivity index (χ2n) is 3.10. The first-order chi connectivity index (χ1) is 7.24. The molecule has 0 aromatic heterocycles. The predicted molar refractivity (Wildman–Crippen MR) is 58.1 cm³/mol.